The third-order valence-electron chi connectivity index (χ3n) is 3.46. The van der Waals surface area contributed by atoms with Crippen molar-refractivity contribution in [2.75, 3.05) is 11.9 Å². The molecule has 2 aromatic carbocycles. The van der Waals surface area contributed by atoms with Crippen molar-refractivity contribution in [2.45, 2.75) is 12.8 Å². The zero-order valence-electron chi connectivity index (χ0n) is 11.1. The number of carbonyl (C=O) groups excluding carboxylic acids is 1. The molecule has 20 heavy (non-hydrogen) atoms. The van der Waals surface area contributed by atoms with E-state index in [1.54, 1.807) is 36.2 Å². The normalized spacial score (nSPS) is 14.1. The van der Waals surface area contributed by atoms with Crippen molar-refractivity contribution < 1.29 is 13.9 Å². The van der Waals surface area contributed by atoms with E-state index < -0.39 is 5.82 Å². The lowest BCUT2D eigenvalue weighted by atomic mass is 10.0. The predicted molar refractivity (Wildman–Crippen MR) is 74.6 cm³/mol. The van der Waals surface area contributed by atoms with Crippen LogP contribution in [0, 0.1) is 5.82 Å². The van der Waals surface area contributed by atoms with Gasteiger partial charge in [-0.1, -0.05) is 24.3 Å². The van der Waals surface area contributed by atoms with Crippen molar-refractivity contribution >= 4 is 11.6 Å². The van der Waals surface area contributed by atoms with Crippen molar-refractivity contribution in [3.8, 4) is 11.5 Å². The minimum absolute atomic E-state index is 0.0436. The topological polar surface area (TPSA) is 29.5 Å². The number of carbonyl (C=O) groups is 1. The lowest BCUT2D eigenvalue weighted by Gasteiger charge is -2.27. The number of nitrogens with zero attached hydrogens (tertiary/aromatic N) is 1. The van der Waals surface area contributed by atoms with E-state index in [0.29, 0.717) is 18.6 Å². The van der Waals surface area contributed by atoms with Gasteiger partial charge in [0.15, 0.2) is 17.3 Å². The Bertz CT molecular complexity index is 669. The summed E-state index contributed by atoms with van der Waals surface area (Å²) in [6.07, 6.45) is 1.18. The van der Waals surface area contributed by atoms with Gasteiger partial charge in [0.05, 0.1) is 5.69 Å². The Morgan fingerprint density at radius 3 is 2.60 bits per heavy atom. The maximum Gasteiger partial charge on any atom is 0.227 e. The van der Waals surface area contributed by atoms with Crippen LogP contribution >= 0.6 is 0 Å². The summed E-state index contributed by atoms with van der Waals surface area (Å²) >= 11 is 0. The van der Waals surface area contributed by atoms with Crippen molar-refractivity contribution in [1.29, 1.82) is 0 Å². The van der Waals surface area contributed by atoms with Gasteiger partial charge in [0.25, 0.3) is 0 Å². The van der Waals surface area contributed by atoms with Gasteiger partial charge in [0.2, 0.25) is 5.91 Å². The number of rotatable bonds is 2. The molecule has 2 aromatic rings. The third kappa shape index (κ3) is 2.13. The number of anilines is 1. The van der Waals surface area contributed by atoms with Crippen LogP contribution in [0.4, 0.5) is 10.1 Å². The van der Waals surface area contributed by atoms with E-state index in [-0.39, 0.29) is 11.7 Å². The summed E-state index contributed by atoms with van der Waals surface area (Å²) in [5.41, 5.74) is 1.77. The van der Waals surface area contributed by atoms with E-state index in [2.05, 4.69) is 0 Å². The number of amides is 1. The number of benzene rings is 2. The highest BCUT2D eigenvalue weighted by Crippen LogP contribution is 2.38. The molecule has 1 aliphatic heterocycles. The Balaban J connectivity index is 2.03. The molecule has 1 aliphatic rings. The van der Waals surface area contributed by atoms with Crippen LogP contribution in [0.5, 0.6) is 11.5 Å². The Labute approximate surface area is 116 Å². The second kappa shape index (κ2) is 4.96. The molecule has 102 valence electrons. The molecule has 0 N–H and O–H groups in total. The van der Waals surface area contributed by atoms with Gasteiger partial charge in [-0.3, -0.25) is 4.79 Å². The summed E-state index contributed by atoms with van der Waals surface area (Å²) in [7, 11) is 1.72. The second-order valence-corrected chi connectivity index (χ2v) is 4.75. The fourth-order valence-corrected chi connectivity index (χ4v) is 2.41. The van der Waals surface area contributed by atoms with Crippen LogP contribution in [0.1, 0.15) is 12.0 Å². The third-order valence-corrected chi connectivity index (χ3v) is 3.46. The molecule has 0 spiro atoms. The molecule has 0 bridgehead atoms. The summed E-state index contributed by atoms with van der Waals surface area (Å²) in [4.78, 5) is 13.4. The molecule has 0 aromatic heterocycles. The monoisotopic (exact) mass is 271 g/mol. The highest BCUT2D eigenvalue weighted by molar-refractivity contribution is 5.97. The maximum absolute atomic E-state index is 13.7. The highest BCUT2D eigenvalue weighted by Gasteiger charge is 2.24. The van der Waals surface area contributed by atoms with Crippen LogP contribution in [0.2, 0.25) is 0 Å². The van der Waals surface area contributed by atoms with Gasteiger partial charge in [-0.05, 0) is 30.2 Å². The van der Waals surface area contributed by atoms with Gasteiger partial charge in [-0.2, -0.15) is 0 Å². The van der Waals surface area contributed by atoms with Gasteiger partial charge in [-0.15, -0.1) is 0 Å². The van der Waals surface area contributed by atoms with E-state index in [1.165, 1.54) is 6.07 Å². The number of aryl methyl sites for hydroxylation is 1. The molecule has 0 fully saturated rings. The lowest BCUT2D eigenvalue weighted by Crippen LogP contribution is -2.31. The standard InChI is InChI=1S/C16H14FNO2/c1-18-15(19)10-9-11-5-4-8-14(16(11)18)20-13-7-3-2-6-12(13)17/h2-8H,9-10H2,1H3. The number of para-hydroxylation sites is 2. The number of hydrogen-bond acceptors (Lipinski definition) is 2. The minimum Gasteiger partial charge on any atom is -0.452 e. The van der Waals surface area contributed by atoms with Crippen molar-refractivity contribution in [3.05, 3.63) is 53.8 Å². The molecule has 1 amide bonds. The maximum atomic E-state index is 13.7. The molecule has 3 rings (SSSR count). The van der Waals surface area contributed by atoms with Gasteiger partial charge in [0.1, 0.15) is 0 Å². The van der Waals surface area contributed by atoms with Crippen molar-refractivity contribution in [3.63, 3.8) is 0 Å². The molecule has 4 heteroatoms. The van der Waals surface area contributed by atoms with Crippen molar-refractivity contribution in [2.24, 2.45) is 0 Å². The van der Waals surface area contributed by atoms with Crippen molar-refractivity contribution in [1.82, 2.24) is 0 Å². The Kier molecular flexibility index (Phi) is 3.14. The fraction of sp³-hybridized carbons (Fsp3) is 0.188. The summed E-state index contributed by atoms with van der Waals surface area (Å²) in [6.45, 7) is 0. The zero-order valence-corrected chi connectivity index (χ0v) is 11.1. The van der Waals surface area contributed by atoms with E-state index in [9.17, 15) is 9.18 Å². The SMILES string of the molecule is CN1C(=O)CCc2cccc(Oc3ccccc3F)c21. The average molecular weight is 271 g/mol. The smallest absolute Gasteiger partial charge is 0.227 e. The molecule has 0 aliphatic carbocycles. The average Bonchev–Trinajstić information content (AvgIpc) is 2.45. The quantitative estimate of drug-likeness (QED) is 0.836. The molecular weight excluding hydrogens is 257 g/mol. The van der Waals surface area contributed by atoms with E-state index in [0.717, 1.165) is 11.3 Å². The minimum atomic E-state index is -0.421. The van der Waals surface area contributed by atoms with E-state index >= 15 is 0 Å². The molecule has 0 unspecified atom stereocenters. The van der Waals surface area contributed by atoms with Crippen LogP contribution in [0.15, 0.2) is 42.5 Å². The van der Waals surface area contributed by atoms with Crippen LogP contribution in [0.3, 0.4) is 0 Å². The second-order valence-electron chi connectivity index (χ2n) is 4.75. The number of hydrogen-bond donors (Lipinski definition) is 0. The molecule has 0 saturated heterocycles. The highest BCUT2D eigenvalue weighted by atomic mass is 19.1. The number of ether oxygens (including phenoxy) is 1. The molecule has 0 saturated carbocycles. The summed E-state index contributed by atoms with van der Waals surface area (Å²) in [5, 5.41) is 0. The van der Waals surface area contributed by atoms with Crippen LogP contribution in [0.25, 0.3) is 0 Å². The largest absolute Gasteiger partial charge is 0.452 e. The first kappa shape index (κ1) is 12.7. The van der Waals surface area contributed by atoms with Crippen LogP contribution < -0.4 is 9.64 Å². The number of fused-ring (bicyclic) bond motifs is 1. The predicted octanol–water partition coefficient (Wildman–Crippen LogP) is 3.53. The van der Waals surface area contributed by atoms with Gasteiger partial charge in [0, 0.05) is 13.5 Å². The van der Waals surface area contributed by atoms with Gasteiger partial charge < -0.3 is 9.64 Å². The van der Waals surface area contributed by atoms with E-state index in [1.807, 2.05) is 12.1 Å². The number of halogens is 1. The first-order valence-corrected chi connectivity index (χ1v) is 6.47. The zero-order chi connectivity index (χ0) is 14.1. The molecule has 1 heterocycles. The Morgan fingerprint density at radius 2 is 1.80 bits per heavy atom. The van der Waals surface area contributed by atoms with E-state index in [4.69, 9.17) is 4.74 Å². The van der Waals surface area contributed by atoms with Gasteiger partial charge >= 0.3 is 0 Å². The Hall–Kier alpha value is -2.36. The summed E-state index contributed by atoms with van der Waals surface area (Å²) in [5.74, 6) is 0.285. The lowest BCUT2D eigenvalue weighted by molar-refractivity contribution is -0.118. The molecule has 0 radical (unpaired) electrons. The van der Waals surface area contributed by atoms with Gasteiger partial charge in [-0.25, -0.2) is 4.39 Å². The molecular formula is C16H14FNO2. The summed E-state index contributed by atoms with van der Waals surface area (Å²) in [6, 6.07) is 11.8. The first-order valence-electron chi connectivity index (χ1n) is 6.47. The van der Waals surface area contributed by atoms with Crippen LogP contribution in [-0.2, 0) is 11.2 Å². The summed E-state index contributed by atoms with van der Waals surface area (Å²) < 4.78 is 19.3. The molecule has 3 nitrogen and oxygen atoms in total. The first-order chi connectivity index (χ1) is 9.66. The molecule has 0 atom stereocenters. The van der Waals surface area contributed by atoms with Crippen LogP contribution in [-0.4, -0.2) is 13.0 Å². The Morgan fingerprint density at radius 1 is 1.05 bits per heavy atom. The fourth-order valence-electron chi connectivity index (χ4n) is 2.41.